The Balaban J connectivity index is 1.58. The van der Waals surface area contributed by atoms with Gasteiger partial charge in [-0.1, -0.05) is 0 Å². The number of nitrogen functional groups attached to an aromatic ring is 1. The fraction of sp³-hybridized carbons (Fsp3) is 0.625. The summed E-state index contributed by atoms with van der Waals surface area (Å²) in [5.41, 5.74) is 4.93. The molecule has 4 rings (SSSR count). The smallest absolute Gasteiger partial charge is 0.406 e. The van der Waals surface area contributed by atoms with E-state index in [1.807, 2.05) is 0 Å². The Morgan fingerprint density at radius 1 is 1.57 bits per heavy atom. The lowest BCUT2D eigenvalue weighted by Crippen LogP contribution is -2.49. The van der Waals surface area contributed by atoms with Crippen LogP contribution in [-0.4, -0.2) is 67.7 Å². The SMILES string of the molecule is CCOC(=O)[C@H](C)NP1(=O)OC[C@@H]2O[C@@H](c3cnc4c(N)ncnn34)[C@](C)(O)[C@H]2O1. The highest BCUT2D eigenvalue weighted by Crippen LogP contribution is 2.56. The normalized spacial score (nSPS) is 34.6. The molecule has 0 aliphatic carbocycles. The summed E-state index contributed by atoms with van der Waals surface area (Å²) in [5.74, 6) is -0.426. The van der Waals surface area contributed by atoms with Gasteiger partial charge in [-0.15, -0.1) is 0 Å². The van der Waals surface area contributed by atoms with E-state index in [0.717, 1.165) is 0 Å². The van der Waals surface area contributed by atoms with E-state index in [4.69, 9.17) is 24.3 Å². The maximum atomic E-state index is 13.0. The lowest BCUT2D eigenvalue weighted by Gasteiger charge is -2.36. The van der Waals surface area contributed by atoms with Crippen molar-refractivity contribution in [2.45, 2.75) is 50.7 Å². The van der Waals surface area contributed by atoms with E-state index in [-0.39, 0.29) is 19.0 Å². The number of nitrogens with one attached hydrogen (secondary N) is 1. The molecule has 0 bridgehead atoms. The minimum Gasteiger partial charge on any atom is -0.465 e. The van der Waals surface area contributed by atoms with Crippen molar-refractivity contribution in [2.24, 2.45) is 0 Å². The van der Waals surface area contributed by atoms with Crippen LogP contribution in [0.4, 0.5) is 5.82 Å². The first kappa shape index (κ1) is 21.1. The lowest BCUT2D eigenvalue weighted by molar-refractivity contribution is -0.145. The zero-order valence-electron chi connectivity index (χ0n) is 16.6. The number of ether oxygens (including phenoxy) is 2. The fourth-order valence-corrected chi connectivity index (χ4v) is 5.35. The summed E-state index contributed by atoms with van der Waals surface area (Å²) in [5, 5.41) is 17.9. The van der Waals surface area contributed by atoms with E-state index in [2.05, 4.69) is 20.2 Å². The van der Waals surface area contributed by atoms with Crippen LogP contribution < -0.4 is 10.8 Å². The molecule has 2 aromatic rings. The maximum absolute atomic E-state index is 13.0. The number of imidazole rings is 1. The van der Waals surface area contributed by atoms with Crippen molar-refractivity contribution in [1.82, 2.24) is 24.7 Å². The van der Waals surface area contributed by atoms with Gasteiger partial charge in [0.05, 0.1) is 25.1 Å². The number of carbonyl (C=O) groups excluding carboxylic acids is 1. The van der Waals surface area contributed by atoms with Crippen molar-refractivity contribution >= 4 is 25.2 Å². The standard InChI is InChI=1S/C16H23N6O7P/c1-4-26-15(23)8(2)21-30(25)27-6-10-12(29-30)16(3,24)11(28-10)9-5-18-14-13(17)19-7-20-22(9)14/h5,7-8,10-12,24H,4,6H2,1-3H3,(H,21,25)(H2,17,19,20)/t8-,10-,11-,12-,16-,30?/m0/s1. The molecule has 0 radical (unpaired) electrons. The van der Waals surface area contributed by atoms with Crippen LogP contribution in [0.2, 0.25) is 0 Å². The third-order valence-electron chi connectivity index (χ3n) is 5.03. The van der Waals surface area contributed by atoms with Crippen LogP contribution in [-0.2, 0) is 27.9 Å². The van der Waals surface area contributed by atoms with Crippen LogP contribution in [0.5, 0.6) is 0 Å². The molecule has 1 unspecified atom stereocenters. The molecule has 0 spiro atoms. The molecule has 164 valence electrons. The summed E-state index contributed by atoms with van der Waals surface area (Å²) in [6, 6.07) is -0.936. The Bertz CT molecular complexity index is 1010. The van der Waals surface area contributed by atoms with Gasteiger partial charge in [-0.2, -0.15) is 5.10 Å². The number of rotatable bonds is 5. The Kier molecular flexibility index (Phi) is 5.29. The zero-order valence-corrected chi connectivity index (χ0v) is 17.5. The Morgan fingerprint density at radius 2 is 2.33 bits per heavy atom. The van der Waals surface area contributed by atoms with E-state index in [1.165, 1.54) is 30.9 Å². The summed E-state index contributed by atoms with van der Waals surface area (Å²) in [4.78, 5) is 19.9. The second-order valence-electron chi connectivity index (χ2n) is 7.27. The topological polar surface area (TPSA) is 172 Å². The monoisotopic (exact) mass is 442 g/mol. The highest BCUT2D eigenvalue weighted by atomic mass is 31.2. The minimum absolute atomic E-state index is 0.120. The average Bonchev–Trinajstić information content (AvgIpc) is 3.21. The van der Waals surface area contributed by atoms with Crippen molar-refractivity contribution in [3.63, 3.8) is 0 Å². The summed E-state index contributed by atoms with van der Waals surface area (Å²) >= 11 is 0. The molecule has 13 nitrogen and oxygen atoms in total. The van der Waals surface area contributed by atoms with E-state index >= 15 is 0 Å². The highest BCUT2D eigenvalue weighted by Gasteiger charge is 2.60. The largest absolute Gasteiger partial charge is 0.465 e. The third-order valence-corrected chi connectivity index (χ3v) is 6.73. The lowest BCUT2D eigenvalue weighted by atomic mass is 9.91. The fourth-order valence-electron chi connectivity index (χ4n) is 3.59. The summed E-state index contributed by atoms with van der Waals surface area (Å²) in [6.07, 6.45) is 0.0940. The quantitative estimate of drug-likeness (QED) is 0.417. The highest BCUT2D eigenvalue weighted by molar-refractivity contribution is 7.51. The Morgan fingerprint density at radius 3 is 3.07 bits per heavy atom. The molecule has 2 aromatic heterocycles. The number of nitrogens with two attached hydrogens (primary N) is 1. The van der Waals surface area contributed by atoms with Gasteiger partial charge in [0.25, 0.3) is 0 Å². The van der Waals surface area contributed by atoms with Crippen molar-refractivity contribution < 1.29 is 33.0 Å². The molecule has 4 N–H and O–H groups in total. The predicted molar refractivity (Wildman–Crippen MR) is 101 cm³/mol. The number of hydrogen-bond donors (Lipinski definition) is 3. The molecule has 4 heterocycles. The van der Waals surface area contributed by atoms with Crippen LogP contribution in [0, 0.1) is 0 Å². The van der Waals surface area contributed by atoms with Gasteiger partial charge in [0, 0.05) is 0 Å². The zero-order chi connectivity index (χ0) is 21.7. The molecule has 2 saturated heterocycles. The predicted octanol–water partition coefficient (Wildman–Crippen LogP) is -0.0379. The third kappa shape index (κ3) is 3.47. The average molecular weight is 442 g/mol. The molecule has 0 saturated carbocycles. The van der Waals surface area contributed by atoms with Gasteiger partial charge in [-0.3, -0.25) is 13.8 Å². The number of anilines is 1. The number of hydrogen-bond acceptors (Lipinski definition) is 11. The number of aliphatic hydroxyl groups is 1. The van der Waals surface area contributed by atoms with E-state index < -0.39 is 43.7 Å². The number of fused-ring (bicyclic) bond motifs is 2. The molecule has 2 aliphatic heterocycles. The van der Waals surface area contributed by atoms with Crippen LogP contribution in [0.1, 0.15) is 32.6 Å². The van der Waals surface area contributed by atoms with Gasteiger partial charge in [-0.05, 0) is 20.8 Å². The number of esters is 1. The van der Waals surface area contributed by atoms with Gasteiger partial charge in [0.15, 0.2) is 11.5 Å². The van der Waals surface area contributed by atoms with E-state index in [1.54, 1.807) is 6.92 Å². The summed E-state index contributed by atoms with van der Waals surface area (Å²) in [6.45, 7) is 4.70. The first-order valence-electron chi connectivity index (χ1n) is 9.35. The molecule has 0 amide bonds. The summed E-state index contributed by atoms with van der Waals surface area (Å²) < 4.78 is 36.3. The molecule has 2 fully saturated rings. The number of aromatic nitrogens is 4. The van der Waals surface area contributed by atoms with Gasteiger partial charge in [0.2, 0.25) is 0 Å². The first-order valence-corrected chi connectivity index (χ1v) is 10.9. The van der Waals surface area contributed by atoms with Crippen molar-refractivity contribution in [2.75, 3.05) is 18.9 Å². The molecule has 6 atom stereocenters. The van der Waals surface area contributed by atoms with Crippen LogP contribution in [0.25, 0.3) is 5.65 Å². The Hall–Kier alpha value is -2.15. The summed E-state index contributed by atoms with van der Waals surface area (Å²) in [7, 11) is -3.92. The molecule has 14 heteroatoms. The number of nitrogens with zero attached hydrogens (tertiary/aromatic N) is 4. The van der Waals surface area contributed by atoms with Crippen molar-refractivity contribution in [3.8, 4) is 0 Å². The first-order chi connectivity index (χ1) is 14.2. The maximum Gasteiger partial charge on any atom is 0.406 e. The Labute approximate surface area is 171 Å². The van der Waals surface area contributed by atoms with Gasteiger partial charge < -0.3 is 20.3 Å². The van der Waals surface area contributed by atoms with Crippen LogP contribution in [0.3, 0.4) is 0 Å². The molecule has 30 heavy (non-hydrogen) atoms. The molecule has 0 aromatic carbocycles. The molecule has 2 aliphatic rings. The minimum atomic E-state index is -3.92. The van der Waals surface area contributed by atoms with Crippen LogP contribution in [0.15, 0.2) is 12.5 Å². The van der Waals surface area contributed by atoms with Crippen molar-refractivity contribution in [1.29, 1.82) is 0 Å². The van der Waals surface area contributed by atoms with E-state index in [9.17, 15) is 14.5 Å². The van der Waals surface area contributed by atoms with Gasteiger partial charge >= 0.3 is 13.7 Å². The van der Waals surface area contributed by atoms with Gasteiger partial charge in [-0.25, -0.2) is 24.1 Å². The number of carbonyl (C=O) groups is 1. The van der Waals surface area contributed by atoms with E-state index in [0.29, 0.717) is 11.3 Å². The van der Waals surface area contributed by atoms with Crippen LogP contribution >= 0.6 is 7.75 Å². The molecular formula is C16H23N6O7P. The second-order valence-corrected chi connectivity index (χ2v) is 8.99. The second kappa shape index (κ2) is 7.52. The molecular weight excluding hydrogens is 419 g/mol. The van der Waals surface area contributed by atoms with Crippen molar-refractivity contribution in [3.05, 3.63) is 18.2 Å². The van der Waals surface area contributed by atoms with Gasteiger partial charge in [0.1, 0.15) is 36.3 Å².